The zero-order valence-corrected chi connectivity index (χ0v) is 23.5. The van der Waals surface area contributed by atoms with Crippen LogP contribution in [0.15, 0.2) is 30.3 Å². The van der Waals surface area contributed by atoms with E-state index in [-0.39, 0.29) is 5.56 Å². The van der Waals surface area contributed by atoms with E-state index in [9.17, 15) is 61.0 Å². The van der Waals surface area contributed by atoms with Crippen molar-refractivity contribution in [1.29, 1.82) is 0 Å². The minimum Gasteiger partial charge on any atom is -0.508 e. The maximum Gasteiger partial charge on any atom is 0.203 e. The van der Waals surface area contributed by atoms with E-state index in [4.69, 9.17) is 23.7 Å². The smallest absolute Gasteiger partial charge is 0.203 e. The largest absolute Gasteiger partial charge is 0.508 e. The Labute approximate surface area is 254 Å². The van der Waals surface area contributed by atoms with Crippen molar-refractivity contribution in [2.45, 2.75) is 80.0 Å². The summed E-state index contributed by atoms with van der Waals surface area (Å²) in [5.41, 5.74) is -2.91. The Hall–Kier alpha value is -3.33. The molecule has 17 nitrogen and oxygen atoms in total. The molecular formula is C28H34O17. The quantitative estimate of drug-likeness (QED) is 0.134. The molecule has 3 heterocycles. The molecule has 0 amide bonds. The summed E-state index contributed by atoms with van der Waals surface area (Å²) < 4.78 is 28.2. The predicted octanol–water partition coefficient (Wildman–Crippen LogP) is -2.99. The first-order valence-corrected chi connectivity index (χ1v) is 13.8. The van der Waals surface area contributed by atoms with E-state index in [1.54, 1.807) is 0 Å². The molecule has 0 aromatic heterocycles. The number of hydrogen-bond donors (Lipinski definition) is 11. The number of hydrogen-bond acceptors (Lipinski definition) is 17. The lowest BCUT2D eigenvalue weighted by atomic mass is 9.81. The molecule has 0 aliphatic carbocycles. The number of carbonyl (C=O) groups excluding carboxylic acids is 1. The topological polar surface area (TPSA) is 286 Å². The van der Waals surface area contributed by atoms with E-state index in [2.05, 4.69) is 0 Å². The van der Waals surface area contributed by atoms with Crippen molar-refractivity contribution in [2.75, 3.05) is 13.2 Å². The molecule has 5 rings (SSSR count). The average molecular weight is 643 g/mol. The molecule has 0 spiro atoms. The normalized spacial score (nSPS) is 38.4. The summed E-state index contributed by atoms with van der Waals surface area (Å²) in [6.45, 7) is -0.293. The minimum atomic E-state index is -2.28. The molecule has 0 bridgehead atoms. The third kappa shape index (κ3) is 5.77. The second kappa shape index (κ2) is 12.5. The fourth-order valence-corrected chi connectivity index (χ4v) is 5.52. The van der Waals surface area contributed by atoms with Gasteiger partial charge in [0.25, 0.3) is 0 Å². The Bertz CT molecular complexity index is 1400. The van der Waals surface area contributed by atoms with Crippen molar-refractivity contribution < 1.29 is 84.7 Å². The summed E-state index contributed by atoms with van der Waals surface area (Å²) >= 11 is 0. The van der Waals surface area contributed by atoms with Crippen molar-refractivity contribution in [1.82, 2.24) is 0 Å². The molecule has 0 radical (unpaired) electrons. The van der Waals surface area contributed by atoms with Gasteiger partial charge in [-0.25, -0.2) is 0 Å². The zero-order chi connectivity index (χ0) is 33.0. The maximum atomic E-state index is 13.9. The van der Waals surface area contributed by atoms with Crippen LogP contribution in [0.2, 0.25) is 0 Å². The van der Waals surface area contributed by atoms with Gasteiger partial charge in [0.15, 0.2) is 35.8 Å². The second-order valence-corrected chi connectivity index (χ2v) is 11.1. The third-order valence-electron chi connectivity index (χ3n) is 8.14. The van der Waals surface area contributed by atoms with E-state index in [0.717, 1.165) is 24.3 Å². The monoisotopic (exact) mass is 642 g/mol. The van der Waals surface area contributed by atoms with E-state index in [1.807, 2.05) is 0 Å². The van der Waals surface area contributed by atoms with Gasteiger partial charge in [0, 0.05) is 17.7 Å². The molecule has 17 heteroatoms. The van der Waals surface area contributed by atoms with E-state index in [0.29, 0.717) is 0 Å². The highest BCUT2D eigenvalue weighted by Crippen LogP contribution is 2.47. The van der Waals surface area contributed by atoms with Gasteiger partial charge in [-0.15, -0.1) is 0 Å². The van der Waals surface area contributed by atoms with Gasteiger partial charge in [-0.3, -0.25) is 4.79 Å². The summed E-state index contributed by atoms with van der Waals surface area (Å²) in [6, 6.07) is 4.98. The minimum absolute atomic E-state index is 0.142. The number of benzene rings is 2. The number of carbonyl (C=O) groups is 1. The molecule has 0 saturated carbocycles. The Balaban J connectivity index is 1.46. The third-order valence-corrected chi connectivity index (χ3v) is 8.14. The molecular weight excluding hydrogens is 608 g/mol. The summed E-state index contributed by atoms with van der Waals surface area (Å²) in [4.78, 5) is 13.9. The van der Waals surface area contributed by atoms with Crippen LogP contribution in [-0.4, -0.2) is 143 Å². The number of aliphatic hydroxyl groups is 7. The Morgan fingerprint density at radius 1 is 0.778 bits per heavy atom. The van der Waals surface area contributed by atoms with Gasteiger partial charge in [-0.1, -0.05) is 6.07 Å². The average Bonchev–Trinajstić information content (AvgIpc) is 2.99. The van der Waals surface area contributed by atoms with Crippen LogP contribution < -0.4 is 4.74 Å². The number of phenols is 4. The van der Waals surface area contributed by atoms with Gasteiger partial charge in [0.05, 0.1) is 19.3 Å². The van der Waals surface area contributed by atoms with Crippen molar-refractivity contribution in [3.8, 4) is 28.7 Å². The fourth-order valence-electron chi connectivity index (χ4n) is 5.52. The maximum absolute atomic E-state index is 13.9. The molecule has 248 valence electrons. The van der Waals surface area contributed by atoms with E-state index < -0.39 is 126 Å². The summed E-state index contributed by atoms with van der Waals surface area (Å²) in [5, 5.41) is 113. The Morgan fingerprint density at radius 2 is 1.44 bits per heavy atom. The number of rotatable bonds is 7. The van der Waals surface area contributed by atoms with Gasteiger partial charge in [0.1, 0.15) is 65.5 Å². The first kappa shape index (κ1) is 33.0. The number of ether oxygens (including phenoxy) is 5. The van der Waals surface area contributed by atoms with Gasteiger partial charge < -0.3 is 79.9 Å². The van der Waals surface area contributed by atoms with Gasteiger partial charge in [-0.05, 0) is 19.1 Å². The van der Waals surface area contributed by atoms with E-state index in [1.165, 1.54) is 13.0 Å². The zero-order valence-electron chi connectivity index (χ0n) is 23.5. The SMILES string of the molecule is C[C@@H]1O[C@@H](OC[C@H]2O[C@@H](O[C@@H]3C(=O)c4c(O)cc(O)cc4O[C@]3(CO)c3ccc(O)c(O)c3)[C@H](O)[C@@H](O)[C@@H]2O)[C@H](O)[C@H](O)[C@H]1O. The standard InChI is InChI=1S/C28H34O17/c1-9-18(34)21(37)23(39)26(42-9)41-7-16-19(35)22(38)24(40)27(43-16)44-25-20(36)17-14(33)5-11(30)6-15(17)45-28(25,8-29)10-2-3-12(31)13(32)4-10/h2-6,9,16,18-19,21-27,29-35,37-40H,7-8H2,1H3/t9-,16+,18-,19+,21+,22-,23+,24+,25+,26+,27-,28+/m0/s1. The van der Waals surface area contributed by atoms with Crippen molar-refractivity contribution in [2.24, 2.45) is 0 Å². The highest BCUT2D eigenvalue weighted by atomic mass is 16.7. The highest BCUT2D eigenvalue weighted by molar-refractivity contribution is 6.06. The van der Waals surface area contributed by atoms with Crippen LogP contribution in [0.5, 0.6) is 28.7 Å². The lowest BCUT2D eigenvalue weighted by Gasteiger charge is -2.46. The lowest BCUT2D eigenvalue weighted by molar-refractivity contribution is -0.337. The molecule has 45 heavy (non-hydrogen) atoms. The van der Waals surface area contributed by atoms with Crippen molar-refractivity contribution >= 4 is 5.78 Å². The lowest BCUT2D eigenvalue weighted by Crippen LogP contribution is -2.64. The molecule has 2 fully saturated rings. The first-order valence-electron chi connectivity index (χ1n) is 13.8. The van der Waals surface area contributed by atoms with Crippen LogP contribution in [-0.2, 0) is 24.5 Å². The second-order valence-electron chi connectivity index (χ2n) is 11.1. The molecule has 3 aliphatic heterocycles. The molecule has 12 atom stereocenters. The summed E-state index contributed by atoms with van der Waals surface area (Å²) in [7, 11) is 0. The van der Waals surface area contributed by atoms with Crippen LogP contribution in [0, 0.1) is 0 Å². The van der Waals surface area contributed by atoms with Crippen LogP contribution in [0.1, 0.15) is 22.8 Å². The summed E-state index contributed by atoms with van der Waals surface area (Å²) in [5.74, 6) is -3.92. The van der Waals surface area contributed by atoms with Crippen LogP contribution in [0.25, 0.3) is 0 Å². The summed E-state index contributed by atoms with van der Waals surface area (Å²) in [6.07, 6.45) is -18.6. The van der Waals surface area contributed by atoms with Crippen molar-refractivity contribution in [3.05, 3.63) is 41.5 Å². The number of Topliss-reactive ketones (excluding diaryl/α,β-unsaturated/α-hetero) is 1. The van der Waals surface area contributed by atoms with Crippen molar-refractivity contribution in [3.63, 3.8) is 0 Å². The van der Waals surface area contributed by atoms with Gasteiger partial charge in [-0.2, -0.15) is 0 Å². The molecule has 11 N–H and O–H groups in total. The van der Waals surface area contributed by atoms with Crippen LogP contribution in [0.3, 0.4) is 0 Å². The molecule has 0 unspecified atom stereocenters. The number of phenolic OH excluding ortho intramolecular Hbond substituents is 4. The molecule has 2 aromatic rings. The highest BCUT2D eigenvalue weighted by Gasteiger charge is 2.56. The van der Waals surface area contributed by atoms with Gasteiger partial charge in [0.2, 0.25) is 5.78 Å². The fraction of sp³-hybridized carbons (Fsp3) is 0.536. The Kier molecular flexibility index (Phi) is 9.15. The number of fused-ring (bicyclic) bond motifs is 1. The Morgan fingerprint density at radius 3 is 2.11 bits per heavy atom. The number of aliphatic hydroxyl groups excluding tert-OH is 7. The number of aromatic hydroxyl groups is 4. The number of ketones is 1. The van der Waals surface area contributed by atoms with Crippen LogP contribution >= 0.6 is 0 Å². The van der Waals surface area contributed by atoms with Gasteiger partial charge >= 0.3 is 0 Å². The predicted molar refractivity (Wildman–Crippen MR) is 143 cm³/mol. The molecule has 2 aromatic carbocycles. The molecule has 2 saturated heterocycles. The first-order chi connectivity index (χ1) is 21.2. The van der Waals surface area contributed by atoms with E-state index >= 15 is 0 Å². The van der Waals surface area contributed by atoms with Crippen LogP contribution in [0.4, 0.5) is 0 Å². The molecule has 3 aliphatic rings.